The molecule has 1 fully saturated rings. The van der Waals surface area contributed by atoms with E-state index < -0.39 is 0 Å². The molecule has 146 valence electrons. The van der Waals surface area contributed by atoms with Crippen LogP contribution in [-0.2, 0) is 0 Å². The lowest BCUT2D eigenvalue weighted by molar-refractivity contribution is 1.08. The molecule has 6 rings (SSSR count). The van der Waals surface area contributed by atoms with Crippen LogP contribution in [0.4, 0.5) is 11.5 Å². The smallest absolute Gasteiger partial charge is 0.257 e. The molecule has 3 aromatic heterocycles. The lowest BCUT2D eigenvalue weighted by Crippen LogP contribution is -2.13. The van der Waals surface area contributed by atoms with E-state index >= 15 is 0 Å². The normalized spacial score (nSPS) is 13.8. The zero-order valence-corrected chi connectivity index (χ0v) is 16.6. The minimum absolute atomic E-state index is 0.559. The van der Waals surface area contributed by atoms with Crippen LogP contribution in [0.15, 0.2) is 73.3 Å². The van der Waals surface area contributed by atoms with Gasteiger partial charge in [0.15, 0.2) is 0 Å². The Morgan fingerprint density at radius 3 is 2.70 bits per heavy atom. The molecule has 0 N–H and O–H groups in total. The van der Waals surface area contributed by atoms with E-state index in [2.05, 4.69) is 68.6 Å². The number of hydrogen-bond donors (Lipinski definition) is 0. The SMILES string of the molecule is CN(c1cccc(-c2ccc(C3CC3)cc2)c1)c1nc2nncn2c2cnccc12. The second-order valence-corrected chi connectivity index (χ2v) is 7.83. The molecule has 5 aromatic rings. The summed E-state index contributed by atoms with van der Waals surface area (Å²) in [5.41, 5.74) is 5.87. The standard InChI is InChI=1S/C24H20N6/c1-29(23-21-11-12-25-14-22(21)30-15-26-28-24(30)27-23)20-4-2-3-19(13-20)18-9-7-17(8-10-18)16-5-6-16/h2-4,7-16H,5-6H2,1H3. The summed E-state index contributed by atoms with van der Waals surface area (Å²) in [6.45, 7) is 0. The largest absolute Gasteiger partial charge is 0.329 e. The van der Waals surface area contributed by atoms with Crippen LogP contribution in [0.25, 0.3) is 27.8 Å². The van der Waals surface area contributed by atoms with Gasteiger partial charge in [0.2, 0.25) is 0 Å². The summed E-state index contributed by atoms with van der Waals surface area (Å²) in [5, 5.41) is 9.15. The van der Waals surface area contributed by atoms with Gasteiger partial charge in [0, 0.05) is 24.3 Å². The predicted molar refractivity (Wildman–Crippen MR) is 118 cm³/mol. The molecule has 2 aromatic carbocycles. The molecule has 30 heavy (non-hydrogen) atoms. The van der Waals surface area contributed by atoms with E-state index in [1.807, 2.05) is 23.7 Å². The Balaban J connectivity index is 1.42. The van der Waals surface area contributed by atoms with Gasteiger partial charge >= 0.3 is 0 Å². The van der Waals surface area contributed by atoms with E-state index in [9.17, 15) is 0 Å². The van der Waals surface area contributed by atoms with Crippen molar-refractivity contribution in [3.63, 3.8) is 0 Å². The van der Waals surface area contributed by atoms with Crippen LogP contribution in [0.2, 0.25) is 0 Å². The van der Waals surface area contributed by atoms with Gasteiger partial charge in [0.1, 0.15) is 12.1 Å². The van der Waals surface area contributed by atoms with Crippen molar-refractivity contribution in [1.82, 2.24) is 24.6 Å². The molecule has 0 unspecified atom stereocenters. The first-order valence-corrected chi connectivity index (χ1v) is 10.2. The second-order valence-electron chi connectivity index (χ2n) is 7.83. The fourth-order valence-electron chi connectivity index (χ4n) is 4.03. The van der Waals surface area contributed by atoms with E-state index in [1.165, 1.54) is 29.5 Å². The summed E-state index contributed by atoms with van der Waals surface area (Å²) in [4.78, 5) is 11.1. The van der Waals surface area contributed by atoms with Crippen LogP contribution in [0.1, 0.15) is 24.3 Å². The van der Waals surface area contributed by atoms with Gasteiger partial charge in [-0.3, -0.25) is 9.38 Å². The molecule has 0 radical (unpaired) electrons. The van der Waals surface area contributed by atoms with E-state index in [-0.39, 0.29) is 0 Å². The summed E-state index contributed by atoms with van der Waals surface area (Å²) >= 11 is 0. The minimum atomic E-state index is 0.559. The molecule has 0 bridgehead atoms. The molecule has 0 saturated heterocycles. The van der Waals surface area contributed by atoms with Gasteiger partial charge in [0.05, 0.1) is 11.7 Å². The van der Waals surface area contributed by atoms with Crippen LogP contribution >= 0.6 is 0 Å². The Hall–Kier alpha value is -3.80. The number of benzene rings is 2. The van der Waals surface area contributed by atoms with Crippen LogP contribution in [0, 0.1) is 0 Å². The van der Waals surface area contributed by atoms with Crippen molar-refractivity contribution in [3.05, 3.63) is 78.9 Å². The van der Waals surface area contributed by atoms with E-state index in [0.717, 1.165) is 28.3 Å². The maximum Gasteiger partial charge on any atom is 0.257 e. The van der Waals surface area contributed by atoms with Crippen molar-refractivity contribution >= 4 is 28.2 Å². The monoisotopic (exact) mass is 392 g/mol. The molecular weight excluding hydrogens is 372 g/mol. The van der Waals surface area contributed by atoms with Gasteiger partial charge in [-0.15, -0.1) is 10.2 Å². The predicted octanol–water partition coefficient (Wildman–Crippen LogP) is 4.98. The maximum absolute atomic E-state index is 4.77. The fraction of sp³-hybridized carbons (Fsp3) is 0.167. The minimum Gasteiger partial charge on any atom is -0.329 e. The Bertz CT molecular complexity index is 1370. The number of rotatable bonds is 4. The first-order valence-electron chi connectivity index (χ1n) is 10.2. The molecule has 0 aliphatic heterocycles. The topological polar surface area (TPSA) is 59.2 Å². The molecule has 6 nitrogen and oxygen atoms in total. The van der Waals surface area contributed by atoms with Gasteiger partial charge in [-0.2, -0.15) is 4.98 Å². The highest BCUT2D eigenvalue weighted by Gasteiger charge is 2.23. The molecule has 0 spiro atoms. The maximum atomic E-state index is 4.77. The summed E-state index contributed by atoms with van der Waals surface area (Å²) in [6, 6.07) is 19.5. The first kappa shape index (κ1) is 17.1. The molecule has 1 aliphatic carbocycles. The highest BCUT2D eigenvalue weighted by molar-refractivity contribution is 5.93. The summed E-state index contributed by atoms with van der Waals surface area (Å²) in [7, 11) is 2.03. The number of anilines is 2. The molecule has 3 heterocycles. The average molecular weight is 392 g/mol. The number of fused-ring (bicyclic) bond motifs is 3. The Morgan fingerprint density at radius 2 is 1.87 bits per heavy atom. The van der Waals surface area contributed by atoms with Crippen LogP contribution in [0.3, 0.4) is 0 Å². The third kappa shape index (κ3) is 2.80. The van der Waals surface area contributed by atoms with Crippen molar-refractivity contribution in [2.75, 3.05) is 11.9 Å². The zero-order chi connectivity index (χ0) is 20.1. The number of nitrogens with zero attached hydrogens (tertiary/aromatic N) is 6. The number of pyridine rings is 1. The molecular formula is C24H20N6. The van der Waals surface area contributed by atoms with Gasteiger partial charge < -0.3 is 4.90 Å². The lowest BCUT2D eigenvalue weighted by atomic mass is 10.0. The lowest BCUT2D eigenvalue weighted by Gasteiger charge is -2.21. The fourth-order valence-corrected chi connectivity index (χ4v) is 4.03. The second kappa shape index (κ2) is 6.62. The third-order valence-corrected chi connectivity index (χ3v) is 5.88. The molecule has 1 saturated carbocycles. The molecule has 1 aliphatic rings. The number of aromatic nitrogens is 5. The Morgan fingerprint density at radius 1 is 1.00 bits per heavy atom. The first-order chi connectivity index (χ1) is 14.8. The van der Waals surface area contributed by atoms with Gasteiger partial charge in [0.25, 0.3) is 5.78 Å². The highest BCUT2D eigenvalue weighted by atomic mass is 15.3. The van der Waals surface area contributed by atoms with Gasteiger partial charge in [-0.05, 0) is 53.6 Å². The average Bonchev–Trinajstić information content (AvgIpc) is 3.55. The highest BCUT2D eigenvalue weighted by Crippen LogP contribution is 2.40. The van der Waals surface area contributed by atoms with Crippen LogP contribution in [0.5, 0.6) is 0 Å². The summed E-state index contributed by atoms with van der Waals surface area (Å²) in [6.07, 6.45) is 7.93. The van der Waals surface area contributed by atoms with Crippen molar-refractivity contribution in [2.45, 2.75) is 18.8 Å². The third-order valence-electron chi connectivity index (χ3n) is 5.88. The van der Waals surface area contributed by atoms with Crippen LogP contribution < -0.4 is 4.90 Å². The van der Waals surface area contributed by atoms with Crippen molar-refractivity contribution in [2.24, 2.45) is 0 Å². The van der Waals surface area contributed by atoms with E-state index in [1.54, 1.807) is 12.5 Å². The Labute approximate surface area is 173 Å². The Kier molecular flexibility index (Phi) is 3.77. The van der Waals surface area contributed by atoms with Gasteiger partial charge in [-0.1, -0.05) is 36.4 Å². The van der Waals surface area contributed by atoms with Crippen molar-refractivity contribution in [3.8, 4) is 11.1 Å². The van der Waals surface area contributed by atoms with Crippen LogP contribution in [-0.4, -0.2) is 31.6 Å². The molecule has 0 atom stereocenters. The van der Waals surface area contributed by atoms with Gasteiger partial charge in [-0.25, -0.2) is 0 Å². The van der Waals surface area contributed by atoms with E-state index in [4.69, 9.17) is 4.98 Å². The molecule has 0 amide bonds. The van der Waals surface area contributed by atoms with E-state index in [0.29, 0.717) is 5.78 Å². The van der Waals surface area contributed by atoms with Crippen molar-refractivity contribution in [1.29, 1.82) is 0 Å². The molecule has 6 heteroatoms. The van der Waals surface area contributed by atoms with Crippen molar-refractivity contribution < 1.29 is 0 Å². The quantitative estimate of drug-likeness (QED) is 0.431. The summed E-state index contributed by atoms with van der Waals surface area (Å²) in [5.74, 6) is 2.16. The number of hydrogen-bond acceptors (Lipinski definition) is 5. The summed E-state index contributed by atoms with van der Waals surface area (Å²) < 4.78 is 1.86. The zero-order valence-electron chi connectivity index (χ0n) is 16.6.